The lowest BCUT2D eigenvalue weighted by molar-refractivity contribution is -0.149. The van der Waals surface area contributed by atoms with E-state index in [0.29, 0.717) is 37.9 Å². The van der Waals surface area contributed by atoms with Gasteiger partial charge in [-0.05, 0) is 64.2 Å². The Labute approximate surface area is 250 Å². The van der Waals surface area contributed by atoms with Gasteiger partial charge in [-0.25, -0.2) is 9.59 Å². The fraction of sp³-hybridized carbons (Fsp3) is 0.633. The van der Waals surface area contributed by atoms with Crippen LogP contribution >= 0.6 is 0 Å². The van der Waals surface area contributed by atoms with Gasteiger partial charge in [0.25, 0.3) is 5.91 Å². The second-order valence-electron chi connectivity index (χ2n) is 12.7. The molecule has 0 spiro atoms. The molecule has 43 heavy (non-hydrogen) atoms. The fourth-order valence-corrected chi connectivity index (χ4v) is 6.01. The van der Waals surface area contributed by atoms with Crippen LogP contribution in [-0.4, -0.2) is 99.8 Å². The summed E-state index contributed by atoms with van der Waals surface area (Å²) in [6, 6.07) is 4.98. The molecule has 2 aromatic rings. The van der Waals surface area contributed by atoms with Gasteiger partial charge >= 0.3 is 11.8 Å². The molecular weight excluding hydrogens is 556 g/mol. The highest BCUT2D eigenvalue weighted by Gasteiger charge is 2.34. The second-order valence-corrected chi connectivity index (χ2v) is 12.7. The van der Waals surface area contributed by atoms with E-state index in [1.54, 1.807) is 11.6 Å². The van der Waals surface area contributed by atoms with Crippen LogP contribution in [0.5, 0.6) is 0 Å². The van der Waals surface area contributed by atoms with Crippen molar-refractivity contribution in [2.75, 3.05) is 39.3 Å². The Bertz CT molecular complexity index is 1440. The molecule has 0 aliphatic carbocycles. The minimum atomic E-state index is -0.701. The third kappa shape index (κ3) is 7.10. The Morgan fingerprint density at radius 3 is 2.44 bits per heavy atom. The molecule has 1 aromatic carbocycles. The minimum absolute atomic E-state index is 0.00209. The first kappa shape index (κ1) is 30.7. The number of alkyl carbamates (subject to hydrolysis) is 1. The van der Waals surface area contributed by atoms with Gasteiger partial charge in [-0.1, -0.05) is 6.07 Å². The molecule has 3 atom stereocenters. The number of amides is 4. The smallest absolute Gasteiger partial charge is 0.407 e. The number of nitrogens with one attached hydrogen (secondary N) is 2. The number of rotatable bonds is 6. The number of piperidine rings is 1. The predicted octanol–water partition coefficient (Wildman–Crippen LogP) is 1.08. The molecule has 13 heteroatoms. The number of aromatic nitrogens is 2. The molecule has 0 saturated carbocycles. The highest BCUT2D eigenvalue weighted by molar-refractivity contribution is 6.00. The molecule has 1 aromatic heterocycles. The quantitative estimate of drug-likeness (QED) is 0.470. The Morgan fingerprint density at radius 2 is 1.79 bits per heavy atom. The second kappa shape index (κ2) is 12.5. The SMILES string of the molecule is Cn1c(=O)n(C2CCC(=O)NC2=O)c2ccc(CCN3CCN(C(=O)C4CCC(NC(=O)OC(C)(C)C)CO4)CC3)cc21. The van der Waals surface area contributed by atoms with Crippen LogP contribution in [0.15, 0.2) is 23.0 Å². The predicted molar refractivity (Wildman–Crippen MR) is 157 cm³/mol. The molecule has 3 aliphatic rings. The maximum atomic E-state index is 13.1. The highest BCUT2D eigenvalue weighted by Crippen LogP contribution is 2.24. The van der Waals surface area contributed by atoms with Gasteiger partial charge in [-0.15, -0.1) is 0 Å². The summed E-state index contributed by atoms with van der Waals surface area (Å²) < 4.78 is 14.2. The van der Waals surface area contributed by atoms with E-state index < -0.39 is 29.7 Å². The van der Waals surface area contributed by atoms with E-state index in [-0.39, 0.29) is 36.6 Å². The van der Waals surface area contributed by atoms with Crippen molar-refractivity contribution in [1.82, 2.24) is 29.6 Å². The van der Waals surface area contributed by atoms with Crippen LogP contribution in [0, 0.1) is 0 Å². The Kier molecular flexibility index (Phi) is 8.93. The summed E-state index contributed by atoms with van der Waals surface area (Å²) in [5.74, 6) is -0.753. The van der Waals surface area contributed by atoms with Crippen LogP contribution in [0.3, 0.4) is 0 Å². The number of imidazole rings is 1. The van der Waals surface area contributed by atoms with E-state index in [1.165, 1.54) is 4.57 Å². The molecule has 5 rings (SSSR count). The van der Waals surface area contributed by atoms with Gasteiger partial charge in [0.05, 0.1) is 23.7 Å². The first-order valence-corrected chi connectivity index (χ1v) is 15.1. The molecular formula is C30H42N6O7. The maximum Gasteiger partial charge on any atom is 0.407 e. The summed E-state index contributed by atoms with van der Waals surface area (Å²) in [5, 5.41) is 5.16. The van der Waals surface area contributed by atoms with E-state index in [0.717, 1.165) is 37.1 Å². The molecule has 2 N–H and O–H groups in total. The van der Waals surface area contributed by atoms with Gasteiger partial charge in [0, 0.05) is 46.2 Å². The van der Waals surface area contributed by atoms with Gasteiger partial charge in [0.1, 0.15) is 17.7 Å². The van der Waals surface area contributed by atoms with Crippen molar-refractivity contribution in [2.24, 2.45) is 7.05 Å². The molecule has 3 saturated heterocycles. The van der Waals surface area contributed by atoms with E-state index in [4.69, 9.17) is 9.47 Å². The average Bonchev–Trinajstić information content (AvgIpc) is 3.20. The van der Waals surface area contributed by atoms with Crippen molar-refractivity contribution in [3.05, 3.63) is 34.2 Å². The van der Waals surface area contributed by atoms with Gasteiger partial charge in [0.2, 0.25) is 11.8 Å². The Balaban J connectivity index is 1.09. The number of hydrogen-bond donors (Lipinski definition) is 2. The zero-order valence-electron chi connectivity index (χ0n) is 25.4. The lowest BCUT2D eigenvalue weighted by Gasteiger charge is -2.38. The molecule has 3 aliphatic heterocycles. The fourth-order valence-electron chi connectivity index (χ4n) is 6.01. The van der Waals surface area contributed by atoms with Crippen LogP contribution < -0.4 is 16.3 Å². The van der Waals surface area contributed by atoms with Crippen molar-refractivity contribution in [2.45, 2.75) is 76.7 Å². The molecule has 0 radical (unpaired) electrons. The molecule has 234 valence electrons. The number of hydrogen-bond acceptors (Lipinski definition) is 8. The van der Waals surface area contributed by atoms with E-state index in [9.17, 15) is 24.0 Å². The summed E-state index contributed by atoms with van der Waals surface area (Å²) in [6.45, 7) is 9.30. The lowest BCUT2D eigenvalue weighted by atomic mass is 10.0. The third-order valence-electron chi connectivity index (χ3n) is 8.35. The number of nitrogens with zero attached hydrogens (tertiary/aromatic N) is 4. The van der Waals surface area contributed by atoms with Crippen molar-refractivity contribution in [1.29, 1.82) is 0 Å². The van der Waals surface area contributed by atoms with Gasteiger partial charge in [-0.2, -0.15) is 0 Å². The van der Waals surface area contributed by atoms with Crippen LogP contribution in [-0.2, 0) is 37.3 Å². The van der Waals surface area contributed by atoms with Crippen molar-refractivity contribution < 1.29 is 28.7 Å². The monoisotopic (exact) mass is 598 g/mol. The van der Waals surface area contributed by atoms with Crippen LogP contribution in [0.4, 0.5) is 4.79 Å². The zero-order valence-corrected chi connectivity index (χ0v) is 25.4. The topological polar surface area (TPSA) is 144 Å². The largest absolute Gasteiger partial charge is 0.444 e. The average molecular weight is 599 g/mol. The maximum absolute atomic E-state index is 13.1. The number of aryl methyl sites for hydroxylation is 1. The normalized spacial score (nSPS) is 23.7. The number of ether oxygens (including phenoxy) is 2. The Morgan fingerprint density at radius 1 is 1.05 bits per heavy atom. The van der Waals surface area contributed by atoms with Crippen LogP contribution in [0.1, 0.15) is 58.1 Å². The molecule has 13 nitrogen and oxygen atoms in total. The Hall–Kier alpha value is -3.71. The van der Waals surface area contributed by atoms with E-state index >= 15 is 0 Å². The standard InChI is InChI=1S/C30H42N6O7/c1-30(2,3)43-28(40)31-20-6-9-24(42-18-20)27(39)35-15-13-34(14-16-35)12-11-19-5-7-21-23(17-19)33(4)29(41)36(21)22-8-10-25(37)32-26(22)38/h5,7,17,20,22,24H,6,8-16,18H2,1-4H3,(H,31,40)(H,32,37,38). The van der Waals surface area contributed by atoms with Crippen molar-refractivity contribution in [3.8, 4) is 0 Å². The third-order valence-corrected chi connectivity index (χ3v) is 8.35. The summed E-state index contributed by atoms with van der Waals surface area (Å²) >= 11 is 0. The van der Waals surface area contributed by atoms with Crippen LogP contribution in [0.2, 0.25) is 0 Å². The molecule has 3 unspecified atom stereocenters. The van der Waals surface area contributed by atoms with E-state index in [2.05, 4.69) is 15.5 Å². The zero-order chi connectivity index (χ0) is 30.9. The minimum Gasteiger partial charge on any atom is -0.444 e. The summed E-state index contributed by atoms with van der Waals surface area (Å²) in [6.07, 6.45) is 1.53. The van der Waals surface area contributed by atoms with Gasteiger partial charge in [-0.3, -0.25) is 33.7 Å². The number of benzene rings is 1. The first-order chi connectivity index (χ1) is 20.4. The number of carbonyl (C=O) groups excluding carboxylic acids is 4. The summed E-state index contributed by atoms with van der Waals surface area (Å²) in [4.78, 5) is 66.3. The molecule has 4 amide bonds. The first-order valence-electron chi connectivity index (χ1n) is 15.1. The number of imide groups is 1. The lowest BCUT2D eigenvalue weighted by Crippen LogP contribution is -2.54. The molecule has 4 heterocycles. The summed E-state index contributed by atoms with van der Waals surface area (Å²) in [7, 11) is 1.70. The number of carbonyl (C=O) groups is 4. The molecule has 3 fully saturated rings. The number of piperazine rings is 1. The molecule has 0 bridgehead atoms. The highest BCUT2D eigenvalue weighted by atomic mass is 16.6. The van der Waals surface area contributed by atoms with E-state index in [1.807, 2.05) is 43.9 Å². The van der Waals surface area contributed by atoms with Gasteiger partial charge in [0.15, 0.2) is 0 Å². The number of fused-ring (bicyclic) bond motifs is 1. The summed E-state index contributed by atoms with van der Waals surface area (Å²) in [5.41, 5.74) is 1.65. The van der Waals surface area contributed by atoms with Crippen molar-refractivity contribution in [3.63, 3.8) is 0 Å². The van der Waals surface area contributed by atoms with Crippen LogP contribution in [0.25, 0.3) is 11.0 Å². The van der Waals surface area contributed by atoms with Crippen molar-refractivity contribution >= 4 is 34.8 Å². The van der Waals surface area contributed by atoms with Gasteiger partial charge < -0.3 is 19.7 Å².